The van der Waals surface area contributed by atoms with Gasteiger partial charge in [-0.1, -0.05) is 62.0 Å². The van der Waals surface area contributed by atoms with Crippen LogP contribution in [0.3, 0.4) is 0 Å². The van der Waals surface area contributed by atoms with Crippen molar-refractivity contribution < 1.29 is 4.79 Å². The zero-order chi connectivity index (χ0) is 21.5. The Morgan fingerprint density at radius 1 is 1.07 bits per heavy atom. The number of nitrogens with one attached hydrogen (secondary N) is 2. The van der Waals surface area contributed by atoms with Gasteiger partial charge in [0.2, 0.25) is 5.91 Å². The summed E-state index contributed by atoms with van der Waals surface area (Å²) in [5.41, 5.74) is 3.50. The molecule has 1 aromatic heterocycles. The summed E-state index contributed by atoms with van der Waals surface area (Å²) in [6, 6.07) is 13.2. The van der Waals surface area contributed by atoms with Crippen LogP contribution >= 0.6 is 34.5 Å². The van der Waals surface area contributed by atoms with E-state index in [1.54, 1.807) is 12.1 Å². The molecule has 2 N–H and O–H groups in total. The lowest BCUT2D eigenvalue weighted by Gasteiger charge is -2.14. The molecule has 0 radical (unpaired) electrons. The van der Waals surface area contributed by atoms with E-state index in [9.17, 15) is 4.79 Å². The Kier molecular flexibility index (Phi) is 8.14. The van der Waals surface area contributed by atoms with Gasteiger partial charge in [0.05, 0.1) is 15.7 Å². The van der Waals surface area contributed by atoms with E-state index in [1.807, 2.05) is 35.7 Å². The quantitative estimate of drug-likeness (QED) is 0.339. The molecular formula is C23H25Cl2N3OS. The predicted octanol–water partition coefficient (Wildman–Crippen LogP) is 8.02. The zero-order valence-corrected chi connectivity index (χ0v) is 19.4. The molecule has 4 nitrogen and oxygen atoms in total. The van der Waals surface area contributed by atoms with Crippen molar-refractivity contribution in [1.29, 1.82) is 0 Å². The van der Waals surface area contributed by atoms with Crippen LogP contribution in [0.4, 0.5) is 16.5 Å². The summed E-state index contributed by atoms with van der Waals surface area (Å²) >= 11 is 13.5. The second-order valence-corrected chi connectivity index (χ2v) is 8.78. The Labute approximate surface area is 191 Å². The van der Waals surface area contributed by atoms with E-state index in [0.717, 1.165) is 53.4 Å². The Morgan fingerprint density at radius 2 is 1.80 bits per heavy atom. The van der Waals surface area contributed by atoms with Crippen molar-refractivity contribution in [2.24, 2.45) is 5.92 Å². The second kappa shape index (κ2) is 10.8. The largest absolute Gasteiger partial charge is 0.331 e. The number of carbonyl (C=O) groups excluding carboxylic acids is 1. The minimum absolute atomic E-state index is 0.0678. The van der Waals surface area contributed by atoms with Gasteiger partial charge in [-0.2, -0.15) is 0 Å². The van der Waals surface area contributed by atoms with Gasteiger partial charge >= 0.3 is 0 Å². The number of benzene rings is 2. The van der Waals surface area contributed by atoms with Crippen LogP contribution in [0.5, 0.6) is 0 Å². The molecule has 0 aliphatic heterocycles. The van der Waals surface area contributed by atoms with E-state index in [4.69, 9.17) is 23.2 Å². The summed E-state index contributed by atoms with van der Waals surface area (Å²) in [5, 5.41) is 10.1. The molecule has 0 saturated carbocycles. The van der Waals surface area contributed by atoms with Crippen molar-refractivity contribution in [2.45, 2.75) is 39.5 Å². The number of aromatic nitrogens is 1. The van der Waals surface area contributed by atoms with Crippen LogP contribution in [-0.4, -0.2) is 10.9 Å². The number of anilines is 3. The third-order valence-corrected chi connectivity index (χ3v) is 6.39. The highest BCUT2D eigenvalue weighted by Crippen LogP contribution is 2.30. The molecule has 0 spiro atoms. The molecule has 30 heavy (non-hydrogen) atoms. The Bertz CT molecular complexity index is 988. The Morgan fingerprint density at radius 3 is 2.47 bits per heavy atom. The lowest BCUT2D eigenvalue weighted by Crippen LogP contribution is -2.22. The normalized spacial score (nSPS) is 11.9. The molecule has 2 aromatic carbocycles. The summed E-state index contributed by atoms with van der Waals surface area (Å²) in [7, 11) is 0. The van der Waals surface area contributed by atoms with Gasteiger partial charge in [0.15, 0.2) is 5.13 Å². The monoisotopic (exact) mass is 461 g/mol. The van der Waals surface area contributed by atoms with Crippen molar-refractivity contribution in [3.8, 4) is 11.3 Å². The van der Waals surface area contributed by atoms with Crippen LogP contribution < -0.4 is 10.6 Å². The van der Waals surface area contributed by atoms with Gasteiger partial charge in [-0.05, 0) is 43.2 Å². The lowest BCUT2D eigenvalue weighted by molar-refractivity contribution is -0.120. The number of hydrogen-bond acceptors (Lipinski definition) is 4. The fourth-order valence-electron chi connectivity index (χ4n) is 3.10. The van der Waals surface area contributed by atoms with Gasteiger partial charge in [-0.15, -0.1) is 11.3 Å². The maximum Gasteiger partial charge on any atom is 0.227 e. The number of hydrogen-bond donors (Lipinski definition) is 2. The van der Waals surface area contributed by atoms with E-state index in [-0.39, 0.29) is 11.8 Å². The fourth-order valence-corrected chi connectivity index (χ4v) is 4.14. The molecular weight excluding hydrogens is 437 g/mol. The molecule has 0 saturated heterocycles. The van der Waals surface area contributed by atoms with Crippen molar-refractivity contribution in [1.82, 2.24) is 4.98 Å². The van der Waals surface area contributed by atoms with E-state index < -0.39 is 0 Å². The van der Waals surface area contributed by atoms with Gasteiger partial charge in [0.25, 0.3) is 0 Å². The van der Waals surface area contributed by atoms with E-state index in [0.29, 0.717) is 10.0 Å². The standard InChI is InChI=1S/C23H25Cl2N3OS/c1-3-5-6-15(4-2)22(29)26-17-9-7-16(8-10-17)21-14-30-23(28-21)27-18-11-12-19(24)20(25)13-18/h7-15H,3-6H2,1-2H3,(H,26,29)(H,27,28). The van der Waals surface area contributed by atoms with Crippen molar-refractivity contribution >= 4 is 57.0 Å². The molecule has 1 unspecified atom stereocenters. The zero-order valence-electron chi connectivity index (χ0n) is 17.0. The van der Waals surface area contributed by atoms with Crippen LogP contribution in [0.15, 0.2) is 47.8 Å². The molecule has 158 valence electrons. The minimum Gasteiger partial charge on any atom is -0.331 e. The Balaban J connectivity index is 1.63. The van der Waals surface area contributed by atoms with Gasteiger partial charge in [0, 0.05) is 28.2 Å². The summed E-state index contributed by atoms with van der Waals surface area (Å²) in [4.78, 5) is 17.1. The van der Waals surface area contributed by atoms with Crippen LogP contribution in [0.25, 0.3) is 11.3 Å². The summed E-state index contributed by atoms with van der Waals surface area (Å²) in [6.07, 6.45) is 3.98. The number of amides is 1. The molecule has 1 heterocycles. The van der Waals surface area contributed by atoms with E-state index in [2.05, 4.69) is 29.5 Å². The number of rotatable bonds is 9. The van der Waals surface area contributed by atoms with Crippen LogP contribution in [0.2, 0.25) is 10.0 Å². The molecule has 7 heteroatoms. The highest BCUT2D eigenvalue weighted by molar-refractivity contribution is 7.14. The number of thiazole rings is 1. The third kappa shape index (κ3) is 5.97. The molecule has 3 aromatic rings. The molecule has 3 rings (SSSR count). The topological polar surface area (TPSA) is 54.0 Å². The number of halogens is 2. The van der Waals surface area contributed by atoms with Gasteiger partial charge in [-0.3, -0.25) is 4.79 Å². The number of carbonyl (C=O) groups is 1. The van der Waals surface area contributed by atoms with Crippen LogP contribution in [-0.2, 0) is 4.79 Å². The summed E-state index contributed by atoms with van der Waals surface area (Å²) < 4.78 is 0. The molecule has 0 aliphatic carbocycles. The SMILES string of the molecule is CCCCC(CC)C(=O)Nc1ccc(-c2csc(Nc3ccc(Cl)c(Cl)c3)n2)cc1. The second-order valence-electron chi connectivity index (χ2n) is 7.11. The van der Waals surface area contributed by atoms with Crippen molar-refractivity contribution in [2.75, 3.05) is 10.6 Å². The molecule has 0 aliphatic rings. The average Bonchev–Trinajstić information content (AvgIpc) is 3.20. The third-order valence-electron chi connectivity index (χ3n) is 4.89. The number of nitrogens with zero attached hydrogens (tertiary/aromatic N) is 1. The van der Waals surface area contributed by atoms with Crippen molar-refractivity contribution in [3.05, 3.63) is 57.9 Å². The van der Waals surface area contributed by atoms with E-state index in [1.165, 1.54) is 11.3 Å². The fraction of sp³-hybridized carbons (Fsp3) is 0.304. The lowest BCUT2D eigenvalue weighted by atomic mass is 9.98. The highest BCUT2D eigenvalue weighted by atomic mass is 35.5. The van der Waals surface area contributed by atoms with Gasteiger partial charge in [-0.25, -0.2) is 4.98 Å². The number of unbranched alkanes of at least 4 members (excludes halogenated alkanes) is 1. The first-order chi connectivity index (χ1) is 14.5. The summed E-state index contributed by atoms with van der Waals surface area (Å²) in [6.45, 7) is 4.21. The summed E-state index contributed by atoms with van der Waals surface area (Å²) in [5.74, 6) is 0.165. The first-order valence-corrected chi connectivity index (χ1v) is 11.7. The maximum absolute atomic E-state index is 12.5. The van der Waals surface area contributed by atoms with Crippen molar-refractivity contribution in [3.63, 3.8) is 0 Å². The van der Waals surface area contributed by atoms with Gasteiger partial charge in [0.1, 0.15) is 0 Å². The van der Waals surface area contributed by atoms with E-state index >= 15 is 0 Å². The predicted molar refractivity (Wildman–Crippen MR) is 129 cm³/mol. The Hall–Kier alpha value is -2.08. The maximum atomic E-state index is 12.5. The van der Waals surface area contributed by atoms with Crippen LogP contribution in [0, 0.1) is 5.92 Å². The first-order valence-electron chi connectivity index (χ1n) is 10.1. The average molecular weight is 462 g/mol. The smallest absolute Gasteiger partial charge is 0.227 e. The molecule has 1 atom stereocenters. The first kappa shape index (κ1) is 22.6. The molecule has 0 fully saturated rings. The van der Waals surface area contributed by atoms with Crippen LogP contribution in [0.1, 0.15) is 39.5 Å². The minimum atomic E-state index is 0.0678. The van der Waals surface area contributed by atoms with Gasteiger partial charge < -0.3 is 10.6 Å². The highest BCUT2D eigenvalue weighted by Gasteiger charge is 2.16. The molecule has 1 amide bonds. The molecule has 0 bridgehead atoms.